The molecule has 21 heavy (non-hydrogen) atoms. The van der Waals surface area contributed by atoms with Crippen LogP contribution in [0.15, 0.2) is 18.2 Å². The minimum atomic E-state index is -0.0845. The Labute approximate surface area is 136 Å². The summed E-state index contributed by atoms with van der Waals surface area (Å²) in [6, 6.07) is 5.94. The summed E-state index contributed by atoms with van der Waals surface area (Å²) >= 11 is 12.4. The molecule has 0 amide bonds. The molecular weight excluding hydrogens is 303 g/mol. The Hall–Kier alpha value is -0.730. The fourth-order valence-corrected chi connectivity index (χ4v) is 3.72. The second-order valence-corrected chi connectivity index (χ2v) is 7.55. The highest BCUT2D eigenvalue weighted by Gasteiger charge is 2.22. The van der Waals surface area contributed by atoms with Gasteiger partial charge in [-0.15, -0.1) is 11.6 Å². The second kappa shape index (κ2) is 6.18. The monoisotopic (exact) mass is 324 g/mol. The van der Waals surface area contributed by atoms with Gasteiger partial charge in [-0.3, -0.25) is 0 Å². The van der Waals surface area contributed by atoms with E-state index in [0.29, 0.717) is 0 Å². The lowest BCUT2D eigenvalue weighted by Gasteiger charge is -2.27. The zero-order valence-corrected chi connectivity index (χ0v) is 14.2. The Morgan fingerprint density at radius 3 is 2.67 bits per heavy atom. The molecule has 0 spiro atoms. The van der Waals surface area contributed by atoms with E-state index in [0.717, 1.165) is 40.3 Å². The summed E-state index contributed by atoms with van der Waals surface area (Å²) in [5.41, 5.74) is 2.11. The first-order valence-electron chi connectivity index (χ1n) is 7.84. The van der Waals surface area contributed by atoms with Crippen LogP contribution in [0.2, 0.25) is 5.02 Å². The number of benzene rings is 1. The van der Waals surface area contributed by atoms with Gasteiger partial charge in [0.1, 0.15) is 5.82 Å². The largest absolute Gasteiger partial charge is 0.326 e. The standard InChI is InChI=1S/C17H22Cl2N2/c1-11-3-5-13(6-4-11)10-21-16-8-7-14(19)9-15(16)20-17(21)12(2)18/h7-9,11-13H,3-6,10H2,1-2H3. The quantitative estimate of drug-likeness (QED) is 0.651. The van der Waals surface area contributed by atoms with Gasteiger partial charge in [-0.25, -0.2) is 4.98 Å². The van der Waals surface area contributed by atoms with Gasteiger partial charge in [0.25, 0.3) is 0 Å². The number of hydrogen-bond donors (Lipinski definition) is 0. The summed E-state index contributed by atoms with van der Waals surface area (Å²) in [5.74, 6) is 2.59. The summed E-state index contributed by atoms with van der Waals surface area (Å²) in [4.78, 5) is 4.70. The van der Waals surface area contributed by atoms with Crippen molar-refractivity contribution in [2.75, 3.05) is 0 Å². The summed E-state index contributed by atoms with van der Waals surface area (Å²) in [6.45, 7) is 5.37. The topological polar surface area (TPSA) is 17.8 Å². The van der Waals surface area contributed by atoms with Crippen molar-refractivity contribution >= 4 is 34.2 Å². The first kappa shape index (κ1) is 15.2. The van der Waals surface area contributed by atoms with Crippen molar-refractivity contribution in [1.29, 1.82) is 0 Å². The molecule has 1 heterocycles. The Morgan fingerprint density at radius 1 is 1.29 bits per heavy atom. The van der Waals surface area contributed by atoms with Crippen LogP contribution < -0.4 is 0 Å². The summed E-state index contributed by atoms with van der Waals surface area (Å²) in [7, 11) is 0. The van der Waals surface area contributed by atoms with E-state index in [1.807, 2.05) is 19.1 Å². The van der Waals surface area contributed by atoms with Crippen LogP contribution in [-0.4, -0.2) is 9.55 Å². The predicted molar refractivity (Wildman–Crippen MR) is 90.1 cm³/mol. The van der Waals surface area contributed by atoms with Crippen molar-refractivity contribution in [3.8, 4) is 0 Å². The van der Waals surface area contributed by atoms with Gasteiger partial charge in [0, 0.05) is 11.6 Å². The van der Waals surface area contributed by atoms with Crippen LogP contribution in [0.5, 0.6) is 0 Å². The predicted octanol–water partition coefficient (Wildman–Crippen LogP) is 5.82. The van der Waals surface area contributed by atoms with Gasteiger partial charge in [-0.05, 0) is 49.8 Å². The number of fused-ring (bicyclic) bond motifs is 1. The molecule has 1 unspecified atom stereocenters. The van der Waals surface area contributed by atoms with Crippen LogP contribution in [0.25, 0.3) is 11.0 Å². The average molecular weight is 325 g/mol. The van der Waals surface area contributed by atoms with Crippen molar-refractivity contribution in [3.63, 3.8) is 0 Å². The maximum absolute atomic E-state index is 6.34. The van der Waals surface area contributed by atoms with Crippen LogP contribution in [0.3, 0.4) is 0 Å². The second-order valence-electron chi connectivity index (χ2n) is 6.46. The van der Waals surface area contributed by atoms with Crippen LogP contribution in [0.4, 0.5) is 0 Å². The molecule has 1 aromatic carbocycles. The van der Waals surface area contributed by atoms with Gasteiger partial charge in [-0.2, -0.15) is 0 Å². The van der Waals surface area contributed by atoms with Gasteiger partial charge >= 0.3 is 0 Å². The van der Waals surface area contributed by atoms with E-state index in [2.05, 4.69) is 17.6 Å². The molecule has 1 aliphatic rings. The third-order valence-electron chi connectivity index (χ3n) is 4.67. The Balaban J connectivity index is 1.93. The zero-order valence-electron chi connectivity index (χ0n) is 12.6. The van der Waals surface area contributed by atoms with E-state index < -0.39 is 0 Å². The Morgan fingerprint density at radius 2 is 2.00 bits per heavy atom. The lowest BCUT2D eigenvalue weighted by molar-refractivity contribution is 0.265. The van der Waals surface area contributed by atoms with Gasteiger partial charge in [-0.1, -0.05) is 31.4 Å². The number of hydrogen-bond acceptors (Lipinski definition) is 1. The zero-order chi connectivity index (χ0) is 15.0. The molecule has 1 aromatic heterocycles. The minimum absolute atomic E-state index is 0.0845. The summed E-state index contributed by atoms with van der Waals surface area (Å²) in [5, 5.41) is 0.645. The van der Waals surface area contributed by atoms with Crippen LogP contribution in [0.1, 0.15) is 50.7 Å². The Bertz CT molecular complexity index is 625. The Kier molecular flexibility index (Phi) is 4.46. The number of alkyl halides is 1. The summed E-state index contributed by atoms with van der Waals surface area (Å²) < 4.78 is 2.31. The number of rotatable bonds is 3. The average Bonchev–Trinajstić information content (AvgIpc) is 2.79. The van der Waals surface area contributed by atoms with Gasteiger partial charge in [0.15, 0.2) is 0 Å². The number of halogens is 2. The molecule has 4 heteroatoms. The summed E-state index contributed by atoms with van der Waals surface area (Å²) in [6.07, 6.45) is 5.30. The molecule has 0 aliphatic heterocycles. The minimum Gasteiger partial charge on any atom is -0.326 e. The normalized spacial score (nSPS) is 24.4. The lowest BCUT2D eigenvalue weighted by atomic mass is 9.83. The van der Waals surface area contributed by atoms with E-state index in [1.54, 1.807) is 0 Å². The third kappa shape index (κ3) is 3.22. The fraction of sp³-hybridized carbons (Fsp3) is 0.588. The van der Waals surface area contributed by atoms with Crippen LogP contribution >= 0.6 is 23.2 Å². The van der Waals surface area contributed by atoms with Crippen molar-refractivity contribution in [1.82, 2.24) is 9.55 Å². The van der Waals surface area contributed by atoms with E-state index >= 15 is 0 Å². The van der Waals surface area contributed by atoms with Crippen LogP contribution in [-0.2, 0) is 6.54 Å². The number of aromatic nitrogens is 2. The maximum atomic E-state index is 6.34. The van der Waals surface area contributed by atoms with Gasteiger partial charge < -0.3 is 4.57 Å². The fourth-order valence-electron chi connectivity index (χ4n) is 3.39. The van der Waals surface area contributed by atoms with E-state index in [1.165, 1.54) is 25.7 Å². The van der Waals surface area contributed by atoms with Crippen molar-refractivity contribution in [2.45, 2.75) is 51.5 Å². The molecule has 114 valence electrons. The molecule has 2 aromatic rings. The molecule has 0 N–H and O–H groups in total. The third-order valence-corrected chi connectivity index (χ3v) is 5.10. The first-order valence-corrected chi connectivity index (χ1v) is 8.65. The highest BCUT2D eigenvalue weighted by Crippen LogP contribution is 2.33. The first-order chi connectivity index (χ1) is 10.0. The van der Waals surface area contributed by atoms with Crippen LogP contribution in [0, 0.1) is 11.8 Å². The molecule has 0 bridgehead atoms. The smallest absolute Gasteiger partial charge is 0.127 e. The molecule has 1 fully saturated rings. The molecule has 2 nitrogen and oxygen atoms in total. The molecule has 1 saturated carbocycles. The van der Waals surface area contributed by atoms with E-state index in [-0.39, 0.29) is 5.38 Å². The van der Waals surface area contributed by atoms with Crippen molar-refractivity contribution in [2.24, 2.45) is 11.8 Å². The lowest BCUT2D eigenvalue weighted by Crippen LogP contribution is -2.19. The van der Waals surface area contributed by atoms with Crippen molar-refractivity contribution in [3.05, 3.63) is 29.0 Å². The highest BCUT2D eigenvalue weighted by atomic mass is 35.5. The van der Waals surface area contributed by atoms with Gasteiger partial charge in [0.2, 0.25) is 0 Å². The highest BCUT2D eigenvalue weighted by molar-refractivity contribution is 6.31. The SMILES string of the molecule is CC1CCC(Cn2c(C(C)Cl)nc3cc(Cl)ccc32)CC1. The molecule has 1 atom stereocenters. The number of nitrogens with zero attached hydrogens (tertiary/aromatic N) is 2. The van der Waals surface area contributed by atoms with E-state index in [4.69, 9.17) is 28.2 Å². The number of imidazole rings is 1. The molecular formula is C17H22Cl2N2. The van der Waals surface area contributed by atoms with E-state index in [9.17, 15) is 0 Å². The molecule has 0 radical (unpaired) electrons. The van der Waals surface area contributed by atoms with Gasteiger partial charge in [0.05, 0.1) is 16.4 Å². The molecule has 1 aliphatic carbocycles. The van der Waals surface area contributed by atoms with Crippen molar-refractivity contribution < 1.29 is 0 Å². The maximum Gasteiger partial charge on any atom is 0.127 e. The molecule has 0 saturated heterocycles. The molecule has 3 rings (SSSR count).